The quantitative estimate of drug-likeness (QED) is 0.266. The summed E-state index contributed by atoms with van der Waals surface area (Å²) in [5.74, 6) is -1.05. The minimum absolute atomic E-state index is 0.00858. The number of nitrogen functional groups attached to an aromatic ring is 1. The van der Waals surface area contributed by atoms with Crippen LogP contribution in [0.25, 0.3) is 22.2 Å². The first-order valence-electron chi connectivity index (χ1n) is 14.9. The molecule has 1 unspecified atom stereocenters. The van der Waals surface area contributed by atoms with Gasteiger partial charge in [0.15, 0.2) is 5.82 Å². The van der Waals surface area contributed by atoms with E-state index in [1.807, 2.05) is 6.92 Å². The Balaban J connectivity index is 1.54. The number of pyridine rings is 1. The van der Waals surface area contributed by atoms with Gasteiger partial charge in [-0.2, -0.15) is 23.1 Å². The van der Waals surface area contributed by atoms with E-state index in [2.05, 4.69) is 30.5 Å². The van der Waals surface area contributed by atoms with Gasteiger partial charge in [0.1, 0.15) is 35.2 Å². The first kappa shape index (κ1) is 30.5. The Morgan fingerprint density at radius 2 is 2.00 bits per heavy atom. The van der Waals surface area contributed by atoms with Crippen molar-refractivity contribution in [1.29, 1.82) is 0 Å². The molecule has 9 nitrogen and oxygen atoms in total. The van der Waals surface area contributed by atoms with Gasteiger partial charge in [0.25, 0.3) is 0 Å². The maximum atomic E-state index is 16.6. The highest BCUT2D eigenvalue weighted by atomic mass is 19.4. The van der Waals surface area contributed by atoms with Crippen molar-refractivity contribution in [2.75, 3.05) is 43.8 Å². The van der Waals surface area contributed by atoms with Crippen LogP contribution in [0.3, 0.4) is 0 Å². The van der Waals surface area contributed by atoms with Crippen LogP contribution in [0.5, 0.6) is 11.9 Å². The molecule has 3 aromatic rings. The average Bonchev–Trinajstić information content (AvgIpc) is 3.45. The monoisotopic (exact) mass is 621 g/mol. The van der Waals surface area contributed by atoms with Crippen LogP contribution < -0.4 is 25.8 Å². The van der Waals surface area contributed by atoms with Gasteiger partial charge in [-0.3, -0.25) is 4.90 Å². The van der Waals surface area contributed by atoms with Crippen LogP contribution in [0.2, 0.25) is 0 Å². The second kappa shape index (κ2) is 11.4. The van der Waals surface area contributed by atoms with Crippen LogP contribution in [0, 0.1) is 12.7 Å². The van der Waals surface area contributed by atoms with E-state index in [1.165, 1.54) is 13.0 Å². The predicted molar refractivity (Wildman–Crippen MR) is 156 cm³/mol. The van der Waals surface area contributed by atoms with E-state index in [4.69, 9.17) is 15.2 Å². The van der Waals surface area contributed by atoms with Crippen molar-refractivity contribution < 1.29 is 31.4 Å². The third kappa shape index (κ3) is 5.69. The Labute approximate surface area is 251 Å². The number of nitrogens with one attached hydrogen (secondary N) is 2. The van der Waals surface area contributed by atoms with Crippen molar-refractivity contribution in [3.05, 3.63) is 29.1 Å². The molecule has 0 bridgehead atoms. The molecule has 0 saturated carbocycles. The topological polar surface area (TPSA) is 110 Å². The third-order valence-corrected chi connectivity index (χ3v) is 8.79. The first-order chi connectivity index (χ1) is 20.8. The zero-order valence-electron chi connectivity index (χ0n) is 24.8. The Kier molecular flexibility index (Phi) is 7.93. The normalized spacial score (nSPS) is 26.1. The van der Waals surface area contributed by atoms with Crippen LogP contribution in [-0.4, -0.2) is 76.5 Å². The molecule has 238 valence electrons. The van der Waals surface area contributed by atoms with Crippen molar-refractivity contribution in [3.63, 3.8) is 0 Å². The zero-order valence-corrected chi connectivity index (χ0v) is 24.8. The SMILES string of the molecule is Cc1cc(N)cc(-c2nc3c4c(nc(OC[C@@]56CCCN5C[C@H](F)C6)nc4c2F)NCC(C)NCC[C@H](C)O3)c1C(F)(F)F. The van der Waals surface area contributed by atoms with Gasteiger partial charge in [0, 0.05) is 36.8 Å². The smallest absolute Gasteiger partial charge is 0.417 e. The van der Waals surface area contributed by atoms with E-state index < -0.39 is 46.6 Å². The summed E-state index contributed by atoms with van der Waals surface area (Å²) in [6.07, 6.45) is -3.73. The first-order valence-corrected chi connectivity index (χ1v) is 14.9. The fourth-order valence-electron chi connectivity index (χ4n) is 6.71. The molecule has 0 aliphatic carbocycles. The second-order valence-corrected chi connectivity index (χ2v) is 12.2. The lowest BCUT2D eigenvalue weighted by molar-refractivity contribution is -0.137. The highest BCUT2D eigenvalue weighted by molar-refractivity contribution is 5.96. The largest absolute Gasteiger partial charge is 0.474 e. The summed E-state index contributed by atoms with van der Waals surface area (Å²) >= 11 is 0. The lowest BCUT2D eigenvalue weighted by atomic mass is 9.95. The number of fused-ring (bicyclic) bond motifs is 1. The molecule has 0 amide bonds. The molecule has 3 aliphatic heterocycles. The molecular weight excluding hydrogens is 585 g/mol. The van der Waals surface area contributed by atoms with Gasteiger partial charge < -0.3 is 25.8 Å². The molecule has 0 radical (unpaired) electrons. The van der Waals surface area contributed by atoms with Crippen molar-refractivity contribution in [2.24, 2.45) is 0 Å². The Morgan fingerprint density at radius 1 is 1.20 bits per heavy atom. The number of aromatic nitrogens is 3. The number of halogens is 5. The van der Waals surface area contributed by atoms with E-state index in [1.54, 1.807) is 6.92 Å². The number of ether oxygens (including phenoxy) is 2. The molecule has 2 aromatic heterocycles. The van der Waals surface area contributed by atoms with Crippen LogP contribution in [0.4, 0.5) is 33.5 Å². The fourth-order valence-corrected chi connectivity index (χ4v) is 6.71. The number of nitrogens with zero attached hydrogens (tertiary/aromatic N) is 4. The molecule has 14 heteroatoms. The summed E-state index contributed by atoms with van der Waals surface area (Å²) < 4.78 is 86.1. The lowest BCUT2D eigenvalue weighted by Crippen LogP contribution is -2.43. The number of alkyl halides is 4. The van der Waals surface area contributed by atoms with E-state index in [-0.39, 0.29) is 52.5 Å². The van der Waals surface area contributed by atoms with Gasteiger partial charge in [-0.1, -0.05) is 0 Å². The molecule has 3 aliphatic rings. The van der Waals surface area contributed by atoms with Crippen LogP contribution in [-0.2, 0) is 6.18 Å². The Hall–Kier alpha value is -3.52. The molecule has 2 saturated heterocycles. The molecule has 1 aromatic carbocycles. The van der Waals surface area contributed by atoms with E-state index in [0.717, 1.165) is 25.5 Å². The van der Waals surface area contributed by atoms with Gasteiger partial charge in [0.2, 0.25) is 5.88 Å². The molecule has 5 heterocycles. The highest BCUT2D eigenvalue weighted by Gasteiger charge is 2.49. The number of anilines is 2. The second-order valence-electron chi connectivity index (χ2n) is 12.2. The van der Waals surface area contributed by atoms with Gasteiger partial charge >= 0.3 is 12.2 Å². The minimum atomic E-state index is -4.82. The summed E-state index contributed by atoms with van der Waals surface area (Å²) in [5.41, 5.74) is 2.78. The standard InChI is InChI=1S/C30H36F5N7O2/c1-15-9-19(36)10-20(22(15)30(33,34)35)24-23(32)25-21-26(38-12-16(2)37-7-5-17(3)44-27(21)39-24)41-28(40-25)43-14-29-6-4-8-42(29)13-18(31)11-29/h9-10,16-18,37H,4-8,11-14,36H2,1-3H3,(H,38,40,41)/t16?,17-,18+,29-/m0/s1. The summed E-state index contributed by atoms with van der Waals surface area (Å²) in [6.45, 7) is 7.17. The lowest BCUT2D eigenvalue weighted by Gasteiger charge is -2.30. The summed E-state index contributed by atoms with van der Waals surface area (Å²) in [7, 11) is 0. The third-order valence-electron chi connectivity index (χ3n) is 8.79. The summed E-state index contributed by atoms with van der Waals surface area (Å²) in [6, 6.07) is 2.04. The molecule has 44 heavy (non-hydrogen) atoms. The molecular formula is C30H36F5N7O2. The highest BCUT2D eigenvalue weighted by Crippen LogP contribution is 2.44. The molecule has 0 spiro atoms. The van der Waals surface area contributed by atoms with E-state index in [0.29, 0.717) is 32.5 Å². The maximum absolute atomic E-state index is 16.6. The van der Waals surface area contributed by atoms with Crippen molar-refractivity contribution in [1.82, 2.24) is 25.2 Å². The van der Waals surface area contributed by atoms with Gasteiger partial charge in [0.05, 0.1) is 17.2 Å². The minimum Gasteiger partial charge on any atom is -0.474 e. The fraction of sp³-hybridized carbons (Fsp3) is 0.567. The van der Waals surface area contributed by atoms with Gasteiger partial charge in [-0.05, 0) is 70.8 Å². The summed E-state index contributed by atoms with van der Waals surface area (Å²) in [4.78, 5) is 15.3. The molecule has 6 rings (SSSR count). The summed E-state index contributed by atoms with van der Waals surface area (Å²) in [5, 5.41) is 6.65. The van der Waals surface area contributed by atoms with Crippen molar-refractivity contribution >= 4 is 22.4 Å². The number of benzene rings is 1. The average molecular weight is 622 g/mol. The van der Waals surface area contributed by atoms with Gasteiger partial charge in [-0.15, -0.1) is 0 Å². The molecule has 2 fully saturated rings. The Morgan fingerprint density at radius 3 is 2.77 bits per heavy atom. The number of hydrogen-bond donors (Lipinski definition) is 3. The Bertz CT molecular complexity index is 1570. The maximum Gasteiger partial charge on any atom is 0.417 e. The van der Waals surface area contributed by atoms with E-state index >= 15 is 4.39 Å². The number of nitrogens with two attached hydrogens (primary N) is 1. The zero-order chi connectivity index (χ0) is 31.4. The number of rotatable bonds is 4. The van der Waals surface area contributed by atoms with E-state index in [9.17, 15) is 17.6 Å². The van der Waals surface area contributed by atoms with Gasteiger partial charge in [-0.25, -0.2) is 13.8 Å². The van der Waals surface area contributed by atoms with Crippen molar-refractivity contribution in [3.8, 4) is 23.1 Å². The van der Waals surface area contributed by atoms with Crippen LogP contribution in [0.1, 0.15) is 50.7 Å². The predicted octanol–water partition coefficient (Wildman–Crippen LogP) is 5.26. The number of aryl methyl sites for hydroxylation is 1. The number of hydrogen-bond acceptors (Lipinski definition) is 9. The molecule has 4 N–H and O–H groups in total. The molecule has 4 atom stereocenters. The van der Waals surface area contributed by atoms with Crippen LogP contribution >= 0.6 is 0 Å². The van der Waals surface area contributed by atoms with Crippen molar-refractivity contribution in [2.45, 2.75) is 76.5 Å². The van der Waals surface area contributed by atoms with Crippen LogP contribution in [0.15, 0.2) is 12.1 Å².